The Labute approximate surface area is 197 Å². The fourth-order valence-corrected chi connectivity index (χ4v) is 11.4. The van der Waals surface area contributed by atoms with Crippen LogP contribution in [-0.4, -0.2) is 11.1 Å². The van der Waals surface area contributed by atoms with E-state index in [1.807, 2.05) is 0 Å². The fourth-order valence-electron chi connectivity index (χ4n) is 11.4. The summed E-state index contributed by atoms with van der Waals surface area (Å²) >= 11 is 0. The lowest BCUT2D eigenvalue weighted by Crippen LogP contribution is -2.62. The van der Waals surface area contributed by atoms with Crippen LogP contribution < -0.4 is 0 Å². The van der Waals surface area contributed by atoms with Crippen molar-refractivity contribution in [2.75, 3.05) is 0 Å². The average Bonchev–Trinajstić information content (AvgIpc) is 3.12. The summed E-state index contributed by atoms with van der Waals surface area (Å²) < 4.78 is 0. The first-order chi connectivity index (χ1) is 14.9. The summed E-state index contributed by atoms with van der Waals surface area (Å²) in [4.78, 5) is 12.7. The van der Waals surface area contributed by atoms with Gasteiger partial charge in [0, 0.05) is 0 Å². The number of carbonyl (C=O) groups is 1. The highest BCUT2D eigenvalue weighted by atomic mass is 16.4. The first-order valence-corrected chi connectivity index (χ1v) is 13.8. The molecular weight excluding hydrogens is 392 g/mol. The van der Waals surface area contributed by atoms with Crippen molar-refractivity contribution in [2.45, 2.75) is 106 Å². The molecule has 0 aromatic carbocycles. The molecule has 0 amide bonds. The number of rotatable bonds is 2. The fraction of sp³-hybridized carbons (Fsp3) is 0.900. The Morgan fingerprint density at radius 2 is 1.50 bits per heavy atom. The van der Waals surface area contributed by atoms with Gasteiger partial charge in [-0.15, -0.1) is 0 Å². The maximum Gasteiger partial charge on any atom is 0.309 e. The molecule has 0 spiro atoms. The average molecular weight is 441 g/mol. The molecule has 5 fully saturated rings. The number of carboxylic acids is 1. The number of fused-ring (bicyclic) bond motifs is 7. The molecule has 0 heterocycles. The maximum atomic E-state index is 12.7. The van der Waals surface area contributed by atoms with Gasteiger partial charge in [0.05, 0.1) is 5.41 Å². The molecule has 2 heteroatoms. The predicted molar refractivity (Wildman–Crippen MR) is 131 cm³/mol. The lowest BCUT2D eigenvalue weighted by molar-refractivity contribution is -0.209. The van der Waals surface area contributed by atoms with Gasteiger partial charge >= 0.3 is 5.97 Å². The molecule has 0 bridgehead atoms. The van der Waals surface area contributed by atoms with Crippen LogP contribution in [-0.2, 0) is 4.79 Å². The molecule has 32 heavy (non-hydrogen) atoms. The van der Waals surface area contributed by atoms with E-state index in [2.05, 4.69) is 48.1 Å². The largest absolute Gasteiger partial charge is 0.481 e. The number of hydrogen-bond donors (Lipinski definition) is 1. The Balaban J connectivity index is 1.52. The summed E-state index contributed by atoms with van der Waals surface area (Å²) in [7, 11) is 0. The predicted octanol–water partition coefficient (Wildman–Crippen LogP) is 7.97. The van der Waals surface area contributed by atoms with E-state index in [9.17, 15) is 9.90 Å². The number of carboxylic acid groups (broad SMARTS) is 1. The molecule has 6 unspecified atom stereocenters. The zero-order valence-corrected chi connectivity index (χ0v) is 21.7. The van der Waals surface area contributed by atoms with Crippen LogP contribution in [0.25, 0.3) is 0 Å². The first-order valence-electron chi connectivity index (χ1n) is 13.8. The van der Waals surface area contributed by atoms with Gasteiger partial charge in [-0.05, 0) is 129 Å². The summed E-state index contributed by atoms with van der Waals surface area (Å²) in [5, 5.41) is 10.4. The smallest absolute Gasteiger partial charge is 0.309 e. The van der Waals surface area contributed by atoms with Gasteiger partial charge in [-0.25, -0.2) is 0 Å². The van der Waals surface area contributed by atoms with E-state index in [4.69, 9.17) is 0 Å². The topological polar surface area (TPSA) is 37.3 Å². The van der Waals surface area contributed by atoms with E-state index in [0.717, 1.165) is 43.4 Å². The third-order valence-corrected chi connectivity index (χ3v) is 13.2. The third-order valence-electron chi connectivity index (χ3n) is 13.2. The minimum absolute atomic E-state index is 0.322. The molecule has 0 aromatic heterocycles. The Kier molecular flexibility index (Phi) is 5.10. The Morgan fingerprint density at radius 3 is 2.16 bits per heavy atom. The molecule has 0 radical (unpaired) electrons. The molecule has 0 aliphatic heterocycles. The van der Waals surface area contributed by atoms with Crippen LogP contribution in [0.2, 0.25) is 0 Å². The zero-order valence-electron chi connectivity index (χ0n) is 21.7. The van der Waals surface area contributed by atoms with Crippen LogP contribution in [0.5, 0.6) is 0 Å². The number of hydrogen-bond acceptors (Lipinski definition) is 1. The van der Waals surface area contributed by atoms with Crippen LogP contribution in [0.3, 0.4) is 0 Å². The molecule has 5 aliphatic rings. The lowest BCUT2D eigenvalue weighted by Gasteiger charge is -2.69. The highest BCUT2D eigenvalue weighted by Crippen LogP contribution is 2.74. The van der Waals surface area contributed by atoms with Crippen molar-refractivity contribution in [2.24, 2.45) is 63.1 Å². The second-order valence-corrected chi connectivity index (χ2v) is 14.3. The van der Waals surface area contributed by atoms with Gasteiger partial charge in [0.15, 0.2) is 0 Å². The van der Waals surface area contributed by atoms with Gasteiger partial charge in [0.1, 0.15) is 0 Å². The van der Waals surface area contributed by atoms with Crippen LogP contribution >= 0.6 is 0 Å². The first kappa shape index (κ1) is 23.0. The van der Waals surface area contributed by atoms with Gasteiger partial charge in [0.2, 0.25) is 0 Å². The van der Waals surface area contributed by atoms with Gasteiger partial charge in [-0.1, -0.05) is 46.8 Å². The van der Waals surface area contributed by atoms with Crippen molar-refractivity contribution in [3.8, 4) is 0 Å². The highest BCUT2D eigenvalue weighted by molar-refractivity contribution is 5.76. The monoisotopic (exact) mass is 440 g/mol. The molecule has 1 N–H and O–H groups in total. The second-order valence-electron chi connectivity index (χ2n) is 14.3. The molecule has 5 aliphatic carbocycles. The Morgan fingerprint density at radius 1 is 0.844 bits per heavy atom. The van der Waals surface area contributed by atoms with Crippen molar-refractivity contribution < 1.29 is 9.90 Å². The van der Waals surface area contributed by atoms with Crippen molar-refractivity contribution in [3.63, 3.8) is 0 Å². The Bertz CT molecular complexity index is 812. The minimum atomic E-state index is -0.504. The molecule has 2 nitrogen and oxygen atoms in total. The molecule has 5 saturated carbocycles. The quantitative estimate of drug-likeness (QED) is 0.442. The van der Waals surface area contributed by atoms with E-state index in [1.54, 1.807) is 0 Å². The van der Waals surface area contributed by atoms with Crippen LogP contribution in [0.4, 0.5) is 0 Å². The summed E-state index contributed by atoms with van der Waals surface area (Å²) in [5.41, 5.74) is 2.05. The summed E-state index contributed by atoms with van der Waals surface area (Å²) in [6, 6.07) is 0. The molecule has 5 rings (SSSR count). The van der Waals surface area contributed by atoms with Crippen LogP contribution in [0, 0.1) is 63.1 Å². The molecule has 0 aromatic rings. The van der Waals surface area contributed by atoms with Gasteiger partial charge in [-0.3, -0.25) is 4.79 Å². The molecular formula is C30H48O2. The minimum Gasteiger partial charge on any atom is -0.481 e. The number of aliphatic carboxylic acids is 1. The maximum absolute atomic E-state index is 12.7. The summed E-state index contributed by atoms with van der Waals surface area (Å²) in [6.45, 7) is 19.5. The molecule has 180 valence electrons. The molecule has 10 atom stereocenters. The van der Waals surface area contributed by atoms with E-state index < -0.39 is 11.4 Å². The third kappa shape index (κ3) is 2.73. The van der Waals surface area contributed by atoms with Crippen LogP contribution in [0.1, 0.15) is 106 Å². The second kappa shape index (κ2) is 7.11. The normalized spacial score (nSPS) is 54.0. The summed E-state index contributed by atoms with van der Waals surface area (Å²) in [5.74, 6) is 3.99. The SMILES string of the molecule is C=C(C)C1CC[C@]2(C(=O)O)CCC3C(CCC4[C@@]3(C)CCC3C(C)(C)[C@H](C)CC[C@@]34C)C12. The standard InChI is InChI=1S/C30H48O2/c1-18(2)20-11-16-30(26(31)32)17-12-22-21(25(20)30)8-9-24-28(22,6)15-13-23-27(4,5)19(3)10-14-29(23,24)7/h19-25H,1,8-17H2,2-7H3,(H,31,32)/t19-,20?,21?,22?,23?,24?,25?,28+,29+,30+/m1/s1. The van der Waals surface area contributed by atoms with Crippen molar-refractivity contribution >= 4 is 5.97 Å². The van der Waals surface area contributed by atoms with Crippen LogP contribution in [0.15, 0.2) is 12.2 Å². The zero-order chi connectivity index (χ0) is 23.3. The molecule has 0 saturated heterocycles. The highest BCUT2D eigenvalue weighted by Gasteiger charge is 2.68. The van der Waals surface area contributed by atoms with E-state index >= 15 is 0 Å². The lowest BCUT2D eigenvalue weighted by atomic mass is 9.35. The summed E-state index contributed by atoms with van der Waals surface area (Å²) in [6.07, 6.45) is 12.1. The van der Waals surface area contributed by atoms with E-state index in [0.29, 0.717) is 39.9 Å². The number of allylic oxidation sites excluding steroid dienone is 1. The van der Waals surface area contributed by atoms with Crippen molar-refractivity contribution in [3.05, 3.63) is 12.2 Å². The van der Waals surface area contributed by atoms with Gasteiger partial charge in [0.25, 0.3) is 0 Å². The van der Waals surface area contributed by atoms with Crippen molar-refractivity contribution in [1.82, 2.24) is 0 Å². The van der Waals surface area contributed by atoms with E-state index in [-0.39, 0.29) is 0 Å². The van der Waals surface area contributed by atoms with E-state index in [1.165, 1.54) is 44.1 Å². The van der Waals surface area contributed by atoms with Crippen molar-refractivity contribution in [1.29, 1.82) is 0 Å². The Hall–Kier alpha value is -0.790. The van der Waals surface area contributed by atoms with Gasteiger partial charge < -0.3 is 5.11 Å². The van der Waals surface area contributed by atoms with Gasteiger partial charge in [-0.2, -0.15) is 0 Å².